The number of carbonyl (C=O) groups is 1. The van der Waals surface area contributed by atoms with Crippen LogP contribution in [0.5, 0.6) is 0 Å². The van der Waals surface area contributed by atoms with Gasteiger partial charge in [-0.05, 0) is 85.5 Å². The zero-order valence-electron chi connectivity index (χ0n) is 21.4. The smallest absolute Gasteiger partial charge is 0.185 e. The van der Waals surface area contributed by atoms with Gasteiger partial charge in [-0.1, -0.05) is 39.8 Å². The van der Waals surface area contributed by atoms with E-state index in [-0.39, 0.29) is 23.2 Å². The van der Waals surface area contributed by atoms with E-state index < -0.39 is 38.4 Å². The SMILES string of the molecule is CC(C)c1ccc(F)c(C(C)C)c1CC(=O)CS(=O)(=O)c1cc(C(C)(C)O)cc(C(C)(C)O)c1. The first kappa shape index (κ1) is 28.1. The van der Waals surface area contributed by atoms with Crippen molar-refractivity contribution >= 4 is 15.6 Å². The van der Waals surface area contributed by atoms with E-state index in [1.807, 2.05) is 27.7 Å². The Balaban J connectivity index is 2.50. The van der Waals surface area contributed by atoms with E-state index in [2.05, 4.69) is 0 Å². The number of carbonyl (C=O) groups excluding carboxylic acids is 1. The van der Waals surface area contributed by atoms with Gasteiger partial charge in [0, 0.05) is 6.42 Å². The van der Waals surface area contributed by atoms with E-state index in [0.29, 0.717) is 22.3 Å². The molecule has 5 nitrogen and oxygen atoms in total. The zero-order valence-corrected chi connectivity index (χ0v) is 22.2. The van der Waals surface area contributed by atoms with Gasteiger partial charge in [-0.2, -0.15) is 0 Å². The van der Waals surface area contributed by atoms with E-state index >= 15 is 0 Å². The number of aliphatic hydroxyl groups is 2. The van der Waals surface area contributed by atoms with Crippen molar-refractivity contribution in [3.8, 4) is 0 Å². The zero-order chi connectivity index (χ0) is 26.2. The predicted molar refractivity (Wildman–Crippen MR) is 132 cm³/mol. The van der Waals surface area contributed by atoms with Crippen LogP contribution in [-0.4, -0.2) is 30.2 Å². The Hall–Kier alpha value is -2.09. The summed E-state index contributed by atoms with van der Waals surface area (Å²) >= 11 is 0. The van der Waals surface area contributed by atoms with Crippen molar-refractivity contribution in [2.24, 2.45) is 0 Å². The second-order valence-corrected chi connectivity index (χ2v) is 12.7. The summed E-state index contributed by atoms with van der Waals surface area (Å²) in [7, 11) is -4.09. The van der Waals surface area contributed by atoms with Crippen LogP contribution in [-0.2, 0) is 32.3 Å². The van der Waals surface area contributed by atoms with Gasteiger partial charge < -0.3 is 10.2 Å². The Morgan fingerprint density at radius 3 is 1.82 bits per heavy atom. The first-order chi connectivity index (χ1) is 15.3. The van der Waals surface area contributed by atoms with Crippen molar-refractivity contribution in [3.63, 3.8) is 0 Å². The van der Waals surface area contributed by atoms with Crippen molar-refractivity contribution in [3.05, 3.63) is 64.0 Å². The highest BCUT2D eigenvalue weighted by Gasteiger charge is 2.29. The van der Waals surface area contributed by atoms with Gasteiger partial charge in [0.25, 0.3) is 0 Å². The molecule has 2 aromatic rings. The number of sulfone groups is 1. The average molecular weight is 493 g/mol. The fraction of sp³-hybridized carbons (Fsp3) is 0.519. The van der Waals surface area contributed by atoms with Crippen LogP contribution in [0, 0.1) is 5.82 Å². The van der Waals surface area contributed by atoms with Crippen LogP contribution in [0.2, 0.25) is 0 Å². The largest absolute Gasteiger partial charge is 0.386 e. The molecule has 0 radical (unpaired) electrons. The maximum atomic E-state index is 14.6. The van der Waals surface area contributed by atoms with Crippen LogP contribution in [0.3, 0.4) is 0 Å². The molecule has 2 rings (SSSR count). The summed E-state index contributed by atoms with van der Waals surface area (Å²) in [6.07, 6.45) is -0.193. The number of hydrogen-bond donors (Lipinski definition) is 2. The third kappa shape index (κ3) is 6.52. The highest BCUT2D eigenvalue weighted by atomic mass is 32.2. The lowest BCUT2D eigenvalue weighted by molar-refractivity contribution is -0.116. The van der Waals surface area contributed by atoms with Gasteiger partial charge in [0.1, 0.15) is 11.6 Å². The molecule has 2 N–H and O–H groups in total. The molecule has 0 bridgehead atoms. The van der Waals surface area contributed by atoms with Crippen molar-refractivity contribution in [1.82, 2.24) is 0 Å². The molecule has 0 heterocycles. The van der Waals surface area contributed by atoms with E-state index in [1.165, 1.54) is 45.9 Å². The van der Waals surface area contributed by atoms with Crippen molar-refractivity contribution in [2.75, 3.05) is 5.75 Å². The highest BCUT2D eigenvalue weighted by molar-refractivity contribution is 7.92. The molecule has 0 fully saturated rings. The number of hydrogen-bond acceptors (Lipinski definition) is 5. The molecule has 0 saturated heterocycles. The fourth-order valence-corrected chi connectivity index (χ4v) is 5.35. The summed E-state index contributed by atoms with van der Waals surface area (Å²) in [6, 6.07) is 7.27. The topological polar surface area (TPSA) is 91.7 Å². The first-order valence-corrected chi connectivity index (χ1v) is 13.2. The molecule has 0 spiro atoms. The predicted octanol–water partition coefficient (Wildman–Crippen LogP) is 5.11. The molecular formula is C27H37FO5S. The summed E-state index contributed by atoms with van der Waals surface area (Å²) in [4.78, 5) is 12.9. The molecule has 0 aliphatic carbocycles. The second-order valence-electron chi connectivity index (χ2n) is 10.7. The number of halogens is 1. The van der Waals surface area contributed by atoms with Crippen LogP contribution in [0.25, 0.3) is 0 Å². The Labute approximate surface area is 203 Å². The average Bonchev–Trinajstić information content (AvgIpc) is 2.65. The standard InChI is InChI=1S/C27H37FO5S/c1-16(2)22-9-10-24(28)25(17(3)4)23(22)14-20(29)15-34(32,33)21-12-18(26(5,6)30)11-19(13-21)27(7,8)31/h9-13,16-17,30-31H,14-15H2,1-8H3. The van der Waals surface area contributed by atoms with E-state index in [1.54, 1.807) is 12.1 Å². The van der Waals surface area contributed by atoms with Crippen LogP contribution in [0.15, 0.2) is 35.2 Å². The molecule has 0 aromatic heterocycles. The summed E-state index contributed by atoms with van der Waals surface area (Å²) in [6.45, 7) is 13.6. The van der Waals surface area contributed by atoms with Crippen molar-refractivity contribution in [1.29, 1.82) is 0 Å². The molecule has 0 atom stereocenters. The minimum atomic E-state index is -4.09. The molecule has 2 aromatic carbocycles. The van der Waals surface area contributed by atoms with Crippen molar-refractivity contribution in [2.45, 2.75) is 89.7 Å². The van der Waals surface area contributed by atoms with Gasteiger partial charge in [-0.25, -0.2) is 12.8 Å². The quantitative estimate of drug-likeness (QED) is 0.507. The van der Waals surface area contributed by atoms with Crippen LogP contribution < -0.4 is 0 Å². The van der Waals surface area contributed by atoms with Gasteiger partial charge in [-0.3, -0.25) is 4.79 Å². The third-order valence-electron chi connectivity index (χ3n) is 5.94. The molecular weight excluding hydrogens is 455 g/mol. The molecule has 34 heavy (non-hydrogen) atoms. The number of benzene rings is 2. The molecule has 0 aliphatic heterocycles. The molecule has 0 aliphatic rings. The summed E-state index contributed by atoms with van der Waals surface area (Å²) in [5.41, 5.74) is -0.271. The minimum Gasteiger partial charge on any atom is -0.386 e. The normalized spacial score (nSPS) is 13.1. The van der Waals surface area contributed by atoms with Crippen LogP contribution >= 0.6 is 0 Å². The lowest BCUT2D eigenvalue weighted by Gasteiger charge is -2.24. The monoisotopic (exact) mass is 492 g/mol. The lowest BCUT2D eigenvalue weighted by atomic mass is 9.86. The second kappa shape index (κ2) is 9.88. The number of ketones is 1. The Morgan fingerprint density at radius 2 is 1.41 bits per heavy atom. The van der Waals surface area contributed by atoms with Gasteiger partial charge in [0.2, 0.25) is 0 Å². The fourth-order valence-electron chi connectivity index (χ4n) is 4.04. The van der Waals surface area contributed by atoms with Crippen molar-refractivity contribution < 1.29 is 27.8 Å². The van der Waals surface area contributed by atoms with Gasteiger partial charge in [0.15, 0.2) is 15.6 Å². The van der Waals surface area contributed by atoms with Crippen LogP contribution in [0.1, 0.15) is 95.0 Å². The summed E-state index contributed by atoms with van der Waals surface area (Å²) in [5.74, 6) is -1.85. The molecule has 0 unspecified atom stereocenters. The third-order valence-corrected chi connectivity index (χ3v) is 7.60. The van der Waals surface area contributed by atoms with E-state index in [9.17, 15) is 27.8 Å². The first-order valence-electron chi connectivity index (χ1n) is 11.5. The van der Waals surface area contributed by atoms with Gasteiger partial charge >= 0.3 is 0 Å². The number of Topliss-reactive ketones (excluding diaryl/α,β-unsaturated/α-hetero) is 1. The lowest BCUT2D eigenvalue weighted by Crippen LogP contribution is -2.24. The Bertz CT molecular complexity index is 1130. The molecule has 0 amide bonds. The Kier molecular flexibility index (Phi) is 8.18. The molecule has 188 valence electrons. The highest BCUT2D eigenvalue weighted by Crippen LogP contribution is 2.32. The van der Waals surface area contributed by atoms with E-state index in [4.69, 9.17) is 0 Å². The van der Waals surface area contributed by atoms with Crippen LogP contribution in [0.4, 0.5) is 4.39 Å². The van der Waals surface area contributed by atoms with Gasteiger partial charge in [0.05, 0.1) is 16.1 Å². The Morgan fingerprint density at radius 1 is 0.912 bits per heavy atom. The molecule has 0 saturated carbocycles. The summed E-state index contributed by atoms with van der Waals surface area (Å²) in [5, 5.41) is 20.9. The van der Waals surface area contributed by atoms with E-state index in [0.717, 1.165) is 5.56 Å². The van der Waals surface area contributed by atoms with Gasteiger partial charge in [-0.15, -0.1) is 0 Å². The maximum absolute atomic E-state index is 14.6. The number of rotatable bonds is 9. The maximum Gasteiger partial charge on any atom is 0.185 e. The minimum absolute atomic E-state index is 0.0373. The molecule has 7 heteroatoms. The summed E-state index contributed by atoms with van der Waals surface area (Å²) < 4.78 is 41.1.